The zero-order valence-electron chi connectivity index (χ0n) is 12.8. The van der Waals surface area contributed by atoms with Gasteiger partial charge in [-0.05, 0) is 31.9 Å². The molecular formula is C15H19N3O4S. The number of carbonyl (C=O) groups is 1. The van der Waals surface area contributed by atoms with Gasteiger partial charge in [-0.3, -0.25) is 4.79 Å². The molecule has 0 aliphatic carbocycles. The SMILES string of the molecule is CC(C(=O)NCC1CCCO1)S(=O)(=O)c1nc2ccccc2[nH]1. The Labute approximate surface area is 134 Å². The van der Waals surface area contributed by atoms with Crippen molar-refractivity contribution >= 4 is 26.8 Å². The maximum absolute atomic E-state index is 12.6. The largest absolute Gasteiger partial charge is 0.376 e. The van der Waals surface area contributed by atoms with Gasteiger partial charge in [-0.15, -0.1) is 0 Å². The van der Waals surface area contributed by atoms with Gasteiger partial charge in [-0.1, -0.05) is 12.1 Å². The summed E-state index contributed by atoms with van der Waals surface area (Å²) in [5.41, 5.74) is 1.18. The number of benzene rings is 1. The second-order valence-corrected chi connectivity index (χ2v) is 7.81. The number of hydrogen-bond donors (Lipinski definition) is 2. The molecule has 8 heteroatoms. The maximum atomic E-state index is 12.6. The highest BCUT2D eigenvalue weighted by Crippen LogP contribution is 2.18. The van der Waals surface area contributed by atoms with Crippen molar-refractivity contribution in [1.82, 2.24) is 15.3 Å². The van der Waals surface area contributed by atoms with Crippen molar-refractivity contribution < 1.29 is 17.9 Å². The van der Waals surface area contributed by atoms with Gasteiger partial charge in [-0.2, -0.15) is 0 Å². The third-order valence-corrected chi connectivity index (χ3v) is 5.88. The van der Waals surface area contributed by atoms with E-state index < -0.39 is 21.0 Å². The zero-order valence-corrected chi connectivity index (χ0v) is 13.6. The first kappa shape index (κ1) is 15.9. The van der Waals surface area contributed by atoms with Crippen LogP contribution < -0.4 is 5.32 Å². The van der Waals surface area contributed by atoms with E-state index in [1.165, 1.54) is 6.92 Å². The van der Waals surface area contributed by atoms with Crippen molar-refractivity contribution in [2.75, 3.05) is 13.2 Å². The first-order valence-corrected chi connectivity index (χ1v) is 9.11. The number of aromatic nitrogens is 2. The molecule has 124 valence electrons. The van der Waals surface area contributed by atoms with Crippen molar-refractivity contribution in [3.05, 3.63) is 24.3 Å². The Kier molecular flexibility index (Phi) is 4.36. The number of aromatic amines is 1. The number of sulfone groups is 1. The van der Waals surface area contributed by atoms with Gasteiger partial charge in [0.25, 0.3) is 0 Å². The molecule has 2 N–H and O–H groups in total. The molecule has 0 saturated carbocycles. The minimum atomic E-state index is -3.87. The zero-order chi connectivity index (χ0) is 16.4. The van der Waals surface area contributed by atoms with Gasteiger partial charge in [0.1, 0.15) is 5.25 Å². The Morgan fingerprint density at radius 1 is 1.48 bits per heavy atom. The molecule has 1 saturated heterocycles. The Hall–Kier alpha value is -1.93. The fourth-order valence-corrected chi connectivity index (χ4v) is 3.71. The van der Waals surface area contributed by atoms with Crippen LogP contribution in [0.1, 0.15) is 19.8 Å². The van der Waals surface area contributed by atoms with Crippen LogP contribution in [0.2, 0.25) is 0 Å². The molecule has 2 atom stereocenters. The van der Waals surface area contributed by atoms with E-state index in [0.717, 1.165) is 12.8 Å². The van der Waals surface area contributed by atoms with Crippen LogP contribution in [0.25, 0.3) is 11.0 Å². The van der Waals surface area contributed by atoms with E-state index in [1.54, 1.807) is 24.3 Å². The van der Waals surface area contributed by atoms with E-state index in [0.29, 0.717) is 24.2 Å². The number of ether oxygens (including phenoxy) is 1. The third-order valence-electron chi connectivity index (χ3n) is 4.00. The number of nitrogens with one attached hydrogen (secondary N) is 2. The molecule has 2 aromatic rings. The summed E-state index contributed by atoms with van der Waals surface area (Å²) >= 11 is 0. The summed E-state index contributed by atoms with van der Waals surface area (Å²) in [7, 11) is -3.87. The highest BCUT2D eigenvalue weighted by Gasteiger charge is 2.32. The fourth-order valence-electron chi connectivity index (χ4n) is 2.54. The van der Waals surface area contributed by atoms with Crippen LogP contribution in [-0.2, 0) is 19.4 Å². The number of imidazole rings is 1. The quantitative estimate of drug-likeness (QED) is 0.848. The molecule has 1 aliphatic rings. The fraction of sp³-hybridized carbons (Fsp3) is 0.467. The lowest BCUT2D eigenvalue weighted by Crippen LogP contribution is -2.41. The van der Waals surface area contributed by atoms with Gasteiger partial charge >= 0.3 is 0 Å². The molecule has 2 heterocycles. The van der Waals surface area contributed by atoms with Crippen LogP contribution in [0.3, 0.4) is 0 Å². The summed E-state index contributed by atoms with van der Waals surface area (Å²) in [6, 6.07) is 7.02. The lowest BCUT2D eigenvalue weighted by Gasteiger charge is -2.14. The molecule has 7 nitrogen and oxygen atoms in total. The van der Waals surface area contributed by atoms with Crippen molar-refractivity contribution in [3.8, 4) is 0 Å². The number of H-pyrrole nitrogens is 1. The molecule has 0 radical (unpaired) electrons. The van der Waals surface area contributed by atoms with Crippen LogP contribution >= 0.6 is 0 Å². The molecule has 1 aromatic heterocycles. The summed E-state index contributed by atoms with van der Waals surface area (Å²) in [5.74, 6) is -0.541. The molecule has 1 fully saturated rings. The van der Waals surface area contributed by atoms with E-state index in [1.807, 2.05) is 0 Å². The van der Waals surface area contributed by atoms with Crippen LogP contribution in [0, 0.1) is 0 Å². The van der Waals surface area contributed by atoms with Crippen molar-refractivity contribution in [2.24, 2.45) is 0 Å². The summed E-state index contributed by atoms with van der Waals surface area (Å²) in [6.45, 7) is 2.39. The number of amides is 1. The monoisotopic (exact) mass is 337 g/mol. The lowest BCUT2D eigenvalue weighted by molar-refractivity contribution is -0.120. The highest BCUT2D eigenvalue weighted by molar-refractivity contribution is 7.92. The van der Waals surface area contributed by atoms with E-state index in [9.17, 15) is 13.2 Å². The van der Waals surface area contributed by atoms with Crippen molar-refractivity contribution in [1.29, 1.82) is 0 Å². The van der Waals surface area contributed by atoms with Gasteiger partial charge in [0.05, 0.1) is 17.1 Å². The maximum Gasteiger partial charge on any atom is 0.238 e. The Morgan fingerprint density at radius 2 is 2.26 bits per heavy atom. The van der Waals surface area contributed by atoms with Gasteiger partial charge < -0.3 is 15.0 Å². The van der Waals surface area contributed by atoms with Crippen LogP contribution in [0.5, 0.6) is 0 Å². The van der Waals surface area contributed by atoms with Crippen LogP contribution in [-0.4, -0.2) is 48.8 Å². The molecule has 1 aliphatic heterocycles. The van der Waals surface area contributed by atoms with Crippen molar-refractivity contribution in [2.45, 2.75) is 36.3 Å². The number of rotatable bonds is 5. The second kappa shape index (κ2) is 6.29. The number of fused-ring (bicyclic) bond motifs is 1. The number of nitrogens with zero attached hydrogens (tertiary/aromatic N) is 1. The summed E-state index contributed by atoms with van der Waals surface area (Å²) in [4.78, 5) is 19.0. The van der Waals surface area contributed by atoms with E-state index in [2.05, 4.69) is 15.3 Å². The smallest absolute Gasteiger partial charge is 0.238 e. The minimum absolute atomic E-state index is 0.0277. The number of para-hydroxylation sites is 2. The normalized spacial score (nSPS) is 19.8. The van der Waals surface area contributed by atoms with Gasteiger partial charge in [0, 0.05) is 13.2 Å². The standard InChI is InChI=1S/C15H19N3O4S/c1-10(14(19)16-9-11-5-4-8-22-11)23(20,21)15-17-12-6-2-3-7-13(12)18-15/h2-3,6-7,10-11H,4-5,8-9H2,1H3,(H,16,19)(H,17,18). The average Bonchev–Trinajstić information content (AvgIpc) is 3.20. The number of hydrogen-bond acceptors (Lipinski definition) is 5. The van der Waals surface area contributed by atoms with Gasteiger partial charge in [0.15, 0.2) is 0 Å². The summed E-state index contributed by atoms with van der Waals surface area (Å²) < 4.78 is 30.5. The summed E-state index contributed by atoms with van der Waals surface area (Å²) in [5, 5.41) is 1.25. The second-order valence-electron chi connectivity index (χ2n) is 5.63. The molecule has 1 aromatic carbocycles. The van der Waals surface area contributed by atoms with Gasteiger partial charge in [-0.25, -0.2) is 13.4 Å². The van der Waals surface area contributed by atoms with E-state index in [4.69, 9.17) is 4.74 Å². The molecule has 3 rings (SSSR count). The molecular weight excluding hydrogens is 318 g/mol. The first-order valence-electron chi connectivity index (χ1n) is 7.56. The molecule has 0 spiro atoms. The average molecular weight is 337 g/mol. The van der Waals surface area contributed by atoms with Gasteiger partial charge in [0.2, 0.25) is 20.9 Å². The predicted octanol–water partition coefficient (Wildman–Crippen LogP) is 1.02. The summed E-state index contributed by atoms with van der Waals surface area (Å²) in [6.07, 6.45) is 1.82. The van der Waals surface area contributed by atoms with E-state index >= 15 is 0 Å². The lowest BCUT2D eigenvalue weighted by atomic mass is 10.2. The molecule has 23 heavy (non-hydrogen) atoms. The molecule has 1 amide bonds. The van der Waals surface area contributed by atoms with Crippen LogP contribution in [0.15, 0.2) is 29.4 Å². The first-order chi connectivity index (χ1) is 11.0. The topological polar surface area (TPSA) is 101 Å². The minimum Gasteiger partial charge on any atom is -0.376 e. The van der Waals surface area contributed by atoms with E-state index in [-0.39, 0.29) is 11.3 Å². The number of carbonyl (C=O) groups excluding carboxylic acids is 1. The highest BCUT2D eigenvalue weighted by atomic mass is 32.2. The molecule has 0 bridgehead atoms. The Balaban J connectivity index is 1.73. The third kappa shape index (κ3) is 3.23. The predicted molar refractivity (Wildman–Crippen MR) is 84.7 cm³/mol. The molecule has 2 unspecified atom stereocenters. The van der Waals surface area contributed by atoms with Crippen LogP contribution in [0.4, 0.5) is 0 Å². The Bertz CT molecular complexity index is 776. The van der Waals surface area contributed by atoms with Crippen molar-refractivity contribution in [3.63, 3.8) is 0 Å². The Morgan fingerprint density at radius 3 is 2.96 bits per heavy atom.